The van der Waals surface area contributed by atoms with Crippen LogP contribution < -0.4 is 4.80 Å². The summed E-state index contributed by atoms with van der Waals surface area (Å²) < 4.78 is 35.1. The molecular formula is C16H17N3O6S2. The van der Waals surface area contributed by atoms with E-state index in [0.29, 0.717) is 16.1 Å². The van der Waals surface area contributed by atoms with E-state index in [1.165, 1.54) is 31.4 Å². The van der Waals surface area contributed by atoms with Gasteiger partial charge in [-0.1, -0.05) is 17.4 Å². The topological polar surface area (TPSA) is 121 Å². The van der Waals surface area contributed by atoms with E-state index in [9.17, 15) is 23.3 Å². The quantitative estimate of drug-likeness (QED) is 0.322. The maximum absolute atomic E-state index is 12.6. The number of non-ortho nitro benzene ring substituents is 1. The molecule has 0 unspecified atom stereocenters. The monoisotopic (exact) mass is 411 g/mol. The molecular weight excluding hydrogens is 394 g/mol. The predicted octanol–water partition coefficient (Wildman–Crippen LogP) is 2.17. The first kappa shape index (κ1) is 20.5. The van der Waals surface area contributed by atoms with E-state index in [-0.39, 0.29) is 15.4 Å². The number of aromatic nitrogens is 1. The molecule has 27 heavy (non-hydrogen) atoms. The summed E-state index contributed by atoms with van der Waals surface area (Å²) in [6.45, 7) is 3.47. The highest BCUT2D eigenvalue weighted by atomic mass is 32.2. The van der Waals surface area contributed by atoms with Crippen LogP contribution in [0.15, 0.2) is 39.6 Å². The van der Waals surface area contributed by atoms with E-state index in [2.05, 4.69) is 9.13 Å². The Morgan fingerprint density at radius 1 is 1.41 bits per heavy atom. The highest BCUT2D eigenvalue weighted by Crippen LogP contribution is 2.23. The van der Waals surface area contributed by atoms with Crippen molar-refractivity contribution in [2.75, 3.05) is 7.11 Å². The first-order valence-electron chi connectivity index (χ1n) is 7.55. The van der Waals surface area contributed by atoms with Crippen molar-refractivity contribution in [2.45, 2.75) is 18.7 Å². The molecule has 0 aliphatic heterocycles. The van der Waals surface area contributed by atoms with Gasteiger partial charge in [0.25, 0.3) is 15.7 Å². The largest absolute Gasteiger partial charge is 0.466 e. The first-order chi connectivity index (χ1) is 12.6. The normalized spacial score (nSPS) is 12.9. The number of rotatable bonds is 5. The maximum Gasteiger partial charge on any atom is 0.330 e. The van der Waals surface area contributed by atoms with Crippen LogP contribution in [0.4, 0.5) is 5.69 Å². The zero-order valence-corrected chi connectivity index (χ0v) is 16.6. The summed E-state index contributed by atoms with van der Waals surface area (Å²) in [5.74, 6) is -0.523. The second kappa shape index (κ2) is 7.84. The summed E-state index contributed by atoms with van der Waals surface area (Å²) in [7, 11) is -1.24. The number of esters is 1. The Bertz CT molecular complexity index is 1110. The average molecular weight is 411 g/mol. The Balaban J connectivity index is 2.58. The third-order valence-electron chi connectivity index (χ3n) is 3.73. The average Bonchev–Trinajstić information content (AvgIpc) is 2.89. The van der Waals surface area contributed by atoms with Crippen molar-refractivity contribution in [2.24, 2.45) is 11.4 Å². The van der Waals surface area contributed by atoms with E-state index in [1.54, 1.807) is 25.5 Å². The second-order valence-electron chi connectivity index (χ2n) is 5.53. The predicted molar refractivity (Wildman–Crippen MR) is 99.5 cm³/mol. The summed E-state index contributed by atoms with van der Waals surface area (Å²) in [5, 5.41) is 10.9. The van der Waals surface area contributed by atoms with Crippen molar-refractivity contribution >= 4 is 38.6 Å². The molecule has 0 saturated carbocycles. The van der Waals surface area contributed by atoms with Crippen molar-refractivity contribution < 1.29 is 22.9 Å². The number of sulfonamides is 1. The van der Waals surface area contributed by atoms with E-state index in [4.69, 9.17) is 0 Å². The number of methoxy groups -OCH3 is 1. The van der Waals surface area contributed by atoms with Crippen molar-refractivity contribution in [1.29, 1.82) is 0 Å². The van der Waals surface area contributed by atoms with Gasteiger partial charge in [0.1, 0.15) is 0 Å². The molecule has 11 heteroatoms. The number of ether oxygens (including phenoxy) is 1. The Morgan fingerprint density at radius 2 is 2.07 bits per heavy atom. The van der Waals surface area contributed by atoms with Gasteiger partial charge in [-0.25, -0.2) is 4.79 Å². The van der Waals surface area contributed by atoms with Crippen LogP contribution in [0.2, 0.25) is 0 Å². The lowest BCUT2D eigenvalue weighted by molar-refractivity contribution is -0.385. The molecule has 0 aliphatic rings. The van der Waals surface area contributed by atoms with Gasteiger partial charge in [-0.05, 0) is 25.5 Å². The van der Waals surface area contributed by atoms with Crippen LogP contribution in [0.1, 0.15) is 17.5 Å². The minimum absolute atomic E-state index is 0.173. The summed E-state index contributed by atoms with van der Waals surface area (Å²) in [6.07, 6.45) is 1.30. The van der Waals surface area contributed by atoms with Crippen molar-refractivity contribution in [3.63, 3.8) is 0 Å². The van der Waals surface area contributed by atoms with Crippen LogP contribution in [0.3, 0.4) is 0 Å². The van der Waals surface area contributed by atoms with Crippen LogP contribution in [0, 0.1) is 17.0 Å². The Labute approximate surface area is 159 Å². The molecule has 0 fully saturated rings. The fourth-order valence-corrected chi connectivity index (χ4v) is 4.55. The number of hydrogen-bond donors (Lipinski definition) is 0. The van der Waals surface area contributed by atoms with Crippen LogP contribution in [-0.4, -0.2) is 31.0 Å². The van der Waals surface area contributed by atoms with Crippen LogP contribution in [-0.2, 0) is 26.6 Å². The number of hydrogen-bond acceptors (Lipinski definition) is 7. The highest BCUT2D eigenvalue weighted by molar-refractivity contribution is 7.90. The summed E-state index contributed by atoms with van der Waals surface area (Å²) in [6, 6.07) is 4.69. The zero-order valence-electron chi connectivity index (χ0n) is 15.0. The SMILES string of the molecule is COC(=O)C=C(C)c1sc(=NS(=O)(=O)c2cccc([N+](=O)[O-])c2)n(C)c1C. The number of nitro groups is 1. The summed E-state index contributed by atoms with van der Waals surface area (Å²) in [5.41, 5.74) is 0.982. The lowest BCUT2D eigenvalue weighted by Gasteiger charge is -2.01. The molecule has 0 saturated heterocycles. The van der Waals surface area contributed by atoms with Gasteiger partial charge in [-0.3, -0.25) is 10.1 Å². The van der Waals surface area contributed by atoms with E-state index < -0.39 is 20.9 Å². The van der Waals surface area contributed by atoms with E-state index >= 15 is 0 Å². The fourth-order valence-electron chi connectivity index (χ4n) is 2.19. The molecule has 144 valence electrons. The molecule has 1 aromatic carbocycles. The van der Waals surface area contributed by atoms with Crippen LogP contribution in [0.5, 0.6) is 0 Å². The number of carbonyl (C=O) groups excluding carboxylic acids is 1. The van der Waals surface area contributed by atoms with Gasteiger partial charge in [0.15, 0.2) is 0 Å². The molecule has 9 nitrogen and oxygen atoms in total. The molecule has 0 N–H and O–H groups in total. The van der Waals surface area contributed by atoms with Crippen LogP contribution >= 0.6 is 11.3 Å². The first-order valence-corrected chi connectivity index (χ1v) is 9.81. The minimum atomic E-state index is -4.15. The number of nitrogens with zero attached hydrogens (tertiary/aromatic N) is 3. The van der Waals surface area contributed by atoms with Gasteiger partial charge in [0, 0.05) is 31.0 Å². The van der Waals surface area contributed by atoms with E-state index in [1.807, 2.05) is 0 Å². The molecule has 0 amide bonds. The van der Waals surface area contributed by atoms with Crippen molar-refractivity contribution in [3.8, 4) is 0 Å². The minimum Gasteiger partial charge on any atom is -0.466 e. The number of carbonyl (C=O) groups is 1. The standard InChI is InChI=1S/C16H17N3O6S2/c1-10(8-14(20)25-4)15-11(2)18(3)16(26-15)17-27(23,24)13-7-5-6-12(9-13)19(21)22/h5-9H,1-4H3. The summed E-state index contributed by atoms with van der Waals surface area (Å²) >= 11 is 1.09. The third kappa shape index (κ3) is 4.49. The van der Waals surface area contributed by atoms with Gasteiger partial charge in [-0.2, -0.15) is 8.42 Å². The Kier molecular flexibility index (Phi) is 5.96. The summed E-state index contributed by atoms with van der Waals surface area (Å²) in [4.78, 5) is 22.2. The zero-order chi connectivity index (χ0) is 20.4. The molecule has 1 aromatic heterocycles. The molecule has 0 spiro atoms. The lowest BCUT2D eigenvalue weighted by Crippen LogP contribution is -2.14. The second-order valence-corrected chi connectivity index (χ2v) is 8.11. The number of nitro benzene ring substituents is 1. The molecule has 0 bridgehead atoms. The van der Waals surface area contributed by atoms with Gasteiger partial charge in [0.05, 0.1) is 21.8 Å². The van der Waals surface area contributed by atoms with Gasteiger partial charge in [0.2, 0.25) is 4.80 Å². The molecule has 2 aromatic rings. The number of thiazole rings is 1. The highest BCUT2D eigenvalue weighted by Gasteiger charge is 2.18. The molecule has 0 atom stereocenters. The molecule has 1 heterocycles. The Hall–Kier alpha value is -2.79. The fraction of sp³-hybridized carbons (Fsp3) is 0.250. The van der Waals surface area contributed by atoms with E-state index in [0.717, 1.165) is 17.4 Å². The third-order valence-corrected chi connectivity index (χ3v) is 6.48. The van der Waals surface area contributed by atoms with Crippen molar-refractivity contribution in [3.05, 3.63) is 55.8 Å². The molecule has 2 rings (SSSR count). The number of benzene rings is 1. The maximum atomic E-state index is 12.6. The van der Waals surface area contributed by atoms with Crippen LogP contribution in [0.25, 0.3) is 5.57 Å². The number of allylic oxidation sites excluding steroid dienone is 1. The van der Waals surface area contributed by atoms with Gasteiger partial charge >= 0.3 is 5.97 Å². The van der Waals surface area contributed by atoms with Gasteiger partial charge in [-0.15, -0.1) is 4.40 Å². The van der Waals surface area contributed by atoms with Crippen molar-refractivity contribution in [1.82, 2.24) is 4.57 Å². The molecule has 0 aliphatic carbocycles. The lowest BCUT2D eigenvalue weighted by atomic mass is 10.2. The Morgan fingerprint density at radius 3 is 2.67 bits per heavy atom. The van der Waals surface area contributed by atoms with Gasteiger partial charge < -0.3 is 9.30 Å². The molecule has 0 radical (unpaired) electrons. The smallest absolute Gasteiger partial charge is 0.330 e.